The van der Waals surface area contributed by atoms with E-state index in [-0.39, 0.29) is 17.8 Å². The van der Waals surface area contributed by atoms with Crippen LogP contribution in [0, 0.1) is 11.8 Å². The summed E-state index contributed by atoms with van der Waals surface area (Å²) in [4.78, 5) is 12.7. The maximum absolute atomic E-state index is 14.3. The molecule has 0 bridgehead atoms. The molecular formula is C32H40F2O2. The predicted molar refractivity (Wildman–Crippen MR) is 146 cm³/mol. The lowest BCUT2D eigenvalue weighted by Gasteiger charge is -2.32. The molecule has 1 aromatic carbocycles. The molecule has 1 fully saturated rings. The molecule has 36 heavy (non-hydrogen) atoms. The van der Waals surface area contributed by atoms with Crippen molar-refractivity contribution in [3.63, 3.8) is 0 Å². The monoisotopic (exact) mass is 494 g/mol. The molecule has 1 N–H and O–H groups in total. The first-order valence-electron chi connectivity index (χ1n) is 12.7. The number of carbonyl (C=O) groups excluding carboxylic acids is 1. The van der Waals surface area contributed by atoms with E-state index in [2.05, 4.69) is 38.8 Å². The van der Waals surface area contributed by atoms with Crippen LogP contribution in [-0.4, -0.2) is 16.8 Å². The van der Waals surface area contributed by atoms with Gasteiger partial charge in [-0.1, -0.05) is 78.9 Å². The topological polar surface area (TPSA) is 37.3 Å². The van der Waals surface area contributed by atoms with Crippen molar-refractivity contribution >= 4 is 5.78 Å². The highest BCUT2D eigenvalue weighted by atomic mass is 19.3. The molecule has 0 spiro atoms. The van der Waals surface area contributed by atoms with Gasteiger partial charge in [-0.15, -0.1) is 13.2 Å². The van der Waals surface area contributed by atoms with E-state index in [0.29, 0.717) is 17.4 Å². The summed E-state index contributed by atoms with van der Waals surface area (Å²) in [6.07, 6.45) is 18.0. The van der Waals surface area contributed by atoms with Crippen LogP contribution in [-0.2, 0) is 5.60 Å². The summed E-state index contributed by atoms with van der Waals surface area (Å²) in [6.45, 7) is 14.1. The zero-order valence-corrected chi connectivity index (χ0v) is 21.7. The van der Waals surface area contributed by atoms with Crippen LogP contribution < -0.4 is 0 Å². The van der Waals surface area contributed by atoms with Crippen molar-refractivity contribution in [2.75, 3.05) is 0 Å². The predicted octanol–water partition coefficient (Wildman–Crippen LogP) is 8.68. The second kappa shape index (κ2) is 13.5. The number of benzene rings is 1. The number of hydrogen-bond donors (Lipinski definition) is 1. The Hall–Kier alpha value is -2.85. The van der Waals surface area contributed by atoms with Gasteiger partial charge in [0.05, 0.1) is 0 Å². The molecule has 0 aromatic heterocycles. The molecule has 0 unspecified atom stereocenters. The van der Waals surface area contributed by atoms with Crippen molar-refractivity contribution in [2.24, 2.45) is 11.8 Å². The molecule has 1 aromatic rings. The van der Waals surface area contributed by atoms with Gasteiger partial charge in [-0.25, -0.2) is 8.78 Å². The summed E-state index contributed by atoms with van der Waals surface area (Å²) < 4.78 is 28.6. The summed E-state index contributed by atoms with van der Waals surface area (Å²) in [7, 11) is 0. The summed E-state index contributed by atoms with van der Waals surface area (Å²) in [6, 6.07) is 5.83. The van der Waals surface area contributed by atoms with Gasteiger partial charge in [-0.3, -0.25) is 4.79 Å². The van der Waals surface area contributed by atoms with Gasteiger partial charge >= 0.3 is 0 Å². The van der Waals surface area contributed by atoms with Crippen molar-refractivity contribution in [3.8, 4) is 0 Å². The SMILES string of the molecule is C=C/C=C\C(=C/CC=C)C1CCC(/C(C)=C\CC(=O)c2ccc([C@](C)(O)C(F)(F)CC=C)cc2)CC1. The number of hydrogen-bond acceptors (Lipinski definition) is 2. The highest BCUT2D eigenvalue weighted by molar-refractivity contribution is 5.97. The lowest BCUT2D eigenvalue weighted by Crippen LogP contribution is -2.42. The van der Waals surface area contributed by atoms with Gasteiger partial charge in [0.25, 0.3) is 5.92 Å². The molecule has 4 heteroatoms. The van der Waals surface area contributed by atoms with Crippen LogP contribution in [0.15, 0.2) is 97.7 Å². The van der Waals surface area contributed by atoms with E-state index in [1.165, 1.54) is 35.4 Å². The van der Waals surface area contributed by atoms with Gasteiger partial charge in [0.15, 0.2) is 11.4 Å². The van der Waals surface area contributed by atoms with Gasteiger partial charge in [0.1, 0.15) is 0 Å². The smallest absolute Gasteiger partial charge is 0.283 e. The number of halogens is 2. The minimum Gasteiger partial charge on any atom is -0.379 e. The van der Waals surface area contributed by atoms with Gasteiger partial charge < -0.3 is 5.11 Å². The number of Topliss-reactive ketones (excluding diaryl/α,β-unsaturated/α-hetero) is 1. The summed E-state index contributed by atoms with van der Waals surface area (Å²) in [5.41, 5.74) is 0.734. The van der Waals surface area contributed by atoms with E-state index in [1.807, 2.05) is 18.2 Å². The fourth-order valence-corrected chi connectivity index (χ4v) is 4.76. The first-order chi connectivity index (χ1) is 17.1. The fourth-order valence-electron chi connectivity index (χ4n) is 4.76. The number of allylic oxidation sites excluding steroid dienone is 9. The van der Waals surface area contributed by atoms with Crippen LogP contribution in [0.5, 0.6) is 0 Å². The highest BCUT2D eigenvalue weighted by Gasteiger charge is 2.49. The average molecular weight is 495 g/mol. The lowest BCUT2D eigenvalue weighted by atomic mass is 9.75. The number of rotatable bonds is 13. The fraction of sp³-hybridized carbons (Fsp3) is 0.406. The Labute approximate surface area is 215 Å². The first-order valence-corrected chi connectivity index (χ1v) is 12.7. The Kier molecular flexibility index (Phi) is 11.0. The molecule has 0 aliphatic heterocycles. The van der Waals surface area contributed by atoms with Crippen molar-refractivity contribution in [1.29, 1.82) is 0 Å². The van der Waals surface area contributed by atoms with E-state index in [1.54, 1.807) is 6.08 Å². The van der Waals surface area contributed by atoms with Crippen molar-refractivity contribution in [1.82, 2.24) is 0 Å². The zero-order chi connectivity index (χ0) is 26.8. The highest BCUT2D eigenvalue weighted by Crippen LogP contribution is 2.40. The van der Waals surface area contributed by atoms with Gasteiger partial charge in [0, 0.05) is 18.4 Å². The number of carbonyl (C=O) groups is 1. The third kappa shape index (κ3) is 7.57. The summed E-state index contributed by atoms with van der Waals surface area (Å²) in [5.74, 6) is -2.44. The van der Waals surface area contributed by atoms with Gasteiger partial charge in [-0.05, 0) is 68.9 Å². The lowest BCUT2D eigenvalue weighted by molar-refractivity contribution is -0.175. The van der Waals surface area contributed by atoms with E-state index in [9.17, 15) is 18.7 Å². The molecule has 0 heterocycles. The third-order valence-corrected chi connectivity index (χ3v) is 7.28. The van der Waals surface area contributed by atoms with E-state index in [4.69, 9.17) is 0 Å². The van der Waals surface area contributed by atoms with Crippen LogP contribution in [0.1, 0.15) is 74.7 Å². The van der Waals surface area contributed by atoms with E-state index in [0.717, 1.165) is 45.1 Å². The molecule has 0 radical (unpaired) electrons. The Balaban J connectivity index is 1.99. The zero-order valence-electron chi connectivity index (χ0n) is 21.7. The molecule has 194 valence electrons. The van der Waals surface area contributed by atoms with E-state index < -0.39 is 17.9 Å². The molecule has 1 atom stereocenters. The average Bonchev–Trinajstić information content (AvgIpc) is 2.87. The Morgan fingerprint density at radius 2 is 1.64 bits per heavy atom. The second-order valence-corrected chi connectivity index (χ2v) is 9.79. The standard InChI is InChI=1S/C32H40F2O2/c1-6-9-11-26(12-10-7-2)27-16-14-25(15-17-27)24(4)13-22-30(35)28-18-20-29(21-19-28)31(5,36)32(33,34)23-8-3/h6-9,11-13,18-21,25,27,36H,1-3,10,14-17,22-23H2,4-5H3/b11-9-,24-13-,26-12+/t25?,27?,31-/m0/s1. The Morgan fingerprint density at radius 1 is 1.03 bits per heavy atom. The number of aliphatic hydroxyl groups is 1. The largest absolute Gasteiger partial charge is 0.379 e. The molecule has 1 saturated carbocycles. The molecule has 1 aliphatic carbocycles. The van der Waals surface area contributed by atoms with E-state index >= 15 is 0 Å². The van der Waals surface area contributed by atoms with Crippen molar-refractivity contribution < 1.29 is 18.7 Å². The Bertz CT molecular complexity index is 1000. The first kappa shape index (κ1) is 29.4. The molecule has 2 rings (SSSR count). The molecule has 2 nitrogen and oxygen atoms in total. The minimum absolute atomic E-state index is 0.0684. The quantitative estimate of drug-likeness (QED) is 0.169. The van der Waals surface area contributed by atoms with Gasteiger partial charge in [-0.2, -0.15) is 0 Å². The normalized spacial score (nSPS) is 21.1. The van der Waals surface area contributed by atoms with Gasteiger partial charge in [0.2, 0.25) is 0 Å². The third-order valence-electron chi connectivity index (χ3n) is 7.28. The maximum Gasteiger partial charge on any atom is 0.283 e. The number of alkyl halides is 2. The van der Waals surface area contributed by atoms with Crippen LogP contribution in [0.2, 0.25) is 0 Å². The number of ketones is 1. The van der Waals surface area contributed by atoms with Crippen LogP contribution in [0.3, 0.4) is 0 Å². The molecule has 0 saturated heterocycles. The summed E-state index contributed by atoms with van der Waals surface area (Å²) in [5, 5.41) is 10.4. The summed E-state index contributed by atoms with van der Waals surface area (Å²) >= 11 is 0. The van der Waals surface area contributed by atoms with Crippen molar-refractivity contribution in [2.45, 2.75) is 70.3 Å². The van der Waals surface area contributed by atoms with Crippen LogP contribution >= 0.6 is 0 Å². The maximum atomic E-state index is 14.3. The Morgan fingerprint density at radius 3 is 2.19 bits per heavy atom. The minimum atomic E-state index is -3.36. The molecular weight excluding hydrogens is 454 g/mol. The van der Waals surface area contributed by atoms with Crippen molar-refractivity contribution in [3.05, 3.63) is 109 Å². The van der Waals surface area contributed by atoms with Crippen LogP contribution in [0.25, 0.3) is 0 Å². The molecule has 1 aliphatic rings. The van der Waals surface area contributed by atoms with Crippen LogP contribution in [0.4, 0.5) is 8.78 Å². The second-order valence-electron chi connectivity index (χ2n) is 9.79. The molecule has 0 amide bonds.